The smallest absolute Gasteiger partial charge is 0.115 e. The van der Waals surface area contributed by atoms with Crippen LogP contribution in [0.25, 0.3) is 10.9 Å². The SMILES string of the molecule is CC(Nc1ccc2cn[nH]c2c1)c1ccc(O)cc1. The van der Waals surface area contributed by atoms with E-state index in [9.17, 15) is 5.11 Å². The lowest BCUT2D eigenvalue weighted by Gasteiger charge is -2.15. The predicted octanol–water partition coefficient (Wildman–Crippen LogP) is 3.44. The highest BCUT2D eigenvalue weighted by molar-refractivity contribution is 5.81. The minimum atomic E-state index is 0.168. The van der Waals surface area contributed by atoms with E-state index in [0.717, 1.165) is 22.2 Å². The van der Waals surface area contributed by atoms with E-state index < -0.39 is 0 Å². The van der Waals surface area contributed by atoms with Crippen LogP contribution in [-0.2, 0) is 0 Å². The minimum absolute atomic E-state index is 0.168. The van der Waals surface area contributed by atoms with Crippen LogP contribution in [0.1, 0.15) is 18.5 Å². The maximum Gasteiger partial charge on any atom is 0.115 e. The number of nitrogens with zero attached hydrogens (tertiary/aromatic N) is 1. The number of anilines is 1. The number of benzene rings is 2. The van der Waals surface area contributed by atoms with Gasteiger partial charge >= 0.3 is 0 Å². The zero-order chi connectivity index (χ0) is 13.2. The fourth-order valence-electron chi connectivity index (χ4n) is 2.12. The van der Waals surface area contributed by atoms with Gasteiger partial charge in [0.1, 0.15) is 5.75 Å². The summed E-state index contributed by atoms with van der Waals surface area (Å²) >= 11 is 0. The van der Waals surface area contributed by atoms with Crippen LogP contribution < -0.4 is 5.32 Å². The van der Waals surface area contributed by atoms with Crippen molar-refractivity contribution in [2.75, 3.05) is 5.32 Å². The number of phenolic OH excluding ortho intramolecular Hbond substituents is 1. The Bertz CT molecular complexity index is 688. The normalized spacial score (nSPS) is 12.5. The van der Waals surface area contributed by atoms with Crippen molar-refractivity contribution in [2.45, 2.75) is 13.0 Å². The quantitative estimate of drug-likeness (QED) is 0.670. The molecule has 0 aliphatic heterocycles. The molecule has 0 bridgehead atoms. The van der Waals surface area contributed by atoms with Crippen molar-refractivity contribution < 1.29 is 5.11 Å². The Kier molecular flexibility index (Phi) is 2.83. The molecular weight excluding hydrogens is 238 g/mol. The van der Waals surface area contributed by atoms with Crippen molar-refractivity contribution >= 4 is 16.6 Å². The Balaban J connectivity index is 1.81. The van der Waals surface area contributed by atoms with Crippen molar-refractivity contribution in [3.05, 3.63) is 54.2 Å². The average Bonchev–Trinajstić information content (AvgIpc) is 2.87. The summed E-state index contributed by atoms with van der Waals surface area (Å²) in [5.41, 5.74) is 3.18. The van der Waals surface area contributed by atoms with Crippen molar-refractivity contribution in [1.82, 2.24) is 10.2 Å². The highest BCUT2D eigenvalue weighted by Gasteiger charge is 2.06. The third-order valence-electron chi connectivity index (χ3n) is 3.22. The summed E-state index contributed by atoms with van der Waals surface area (Å²) in [5.74, 6) is 0.287. The second-order valence-corrected chi connectivity index (χ2v) is 4.63. The molecule has 0 aliphatic carbocycles. The average molecular weight is 253 g/mol. The number of hydrogen-bond donors (Lipinski definition) is 3. The Morgan fingerprint density at radius 1 is 1.16 bits per heavy atom. The Morgan fingerprint density at radius 2 is 1.95 bits per heavy atom. The second kappa shape index (κ2) is 4.65. The molecule has 2 aromatic carbocycles. The fraction of sp³-hybridized carbons (Fsp3) is 0.133. The number of aromatic amines is 1. The van der Waals surface area contributed by atoms with Gasteiger partial charge in [-0.3, -0.25) is 5.10 Å². The summed E-state index contributed by atoms with van der Waals surface area (Å²) < 4.78 is 0. The van der Waals surface area contributed by atoms with Gasteiger partial charge in [-0.25, -0.2) is 0 Å². The largest absolute Gasteiger partial charge is 0.508 e. The first-order valence-electron chi connectivity index (χ1n) is 6.21. The summed E-state index contributed by atoms with van der Waals surface area (Å²) in [7, 11) is 0. The summed E-state index contributed by atoms with van der Waals surface area (Å²) in [6, 6.07) is 13.5. The third kappa shape index (κ3) is 2.38. The molecule has 0 spiro atoms. The van der Waals surface area contributed by atoms with E-state index in [1.54, 1.807) is 12.1 Å². The van der Waals surface area contributed by atoms with E-state index in [-0.39, 0.29) is 11.8 Å². The number of hydrogen-bond acceptors (Lipinski definition) is 3. The molecule has 1 atom stereocenters. The molecule has 3 N–H and O–H groups in total. The van der Waals surface area contributed by atoms with E-state index in [1.807, 2.05) is 36.5 Å². The van der Waals surface area contributed by atoms with Crippen LogP contribution in [0.5, 0.6) is 5.75 Å². The maximum absolute atomic E-state index is 9.29. The zero-order valence-electron chi connectivity index (χ0n) is 10.6. The van der Waals surface area contributed by atoms with Crippen LogP contribution in [0.3, 0.4) is 0 Å². The molecule has 1 heterocycles. The van der Waals surface area contributed by atoms with Gasteiger partial charge in [0.25, 0.3) is 0 Å². The van der Waals surface area contributed by atoms with E-state index in [4.69, 9.17) is 0 Å². The molecule has 3 rings (SSSR count). The van der Waals surface area contributed by atoms with Crippen molar-refractivity contribution in [2.24, 2.45) is 0 Å². The first kappa shape index (κ1) is 11.6. The molecule has 0 aliphatic rings. The van der Waals surface area contributed by atoms with Crippen LogP contribution in [-0.4, -0.2) is 15.3 Å². The lowest BCUT2D eigenvalue weighted by atomic mass is 10.1. The Morgan fingerprint density at radius 3 is 2.74 bits per heavy atom. The van der Waals surface area contributed by atoms with Crippen LogP contribution in [0.15, 0.2) is 48.7 Å². The van der Waals surface area contributed by atoms with Crippen LogP contribution in [0.4, 0.5) is 5.69 Å². The molecule has 4 nitrogen and oxygen atoms in total. The topological polar surface area (TPSA) is 60.9 Å². The molecule has 0 radical (unpaired) electrons. The number of aromatic hydroxyl groups is 1. The Hall–Kier alpha value is -2.49. The summed E-state index contributed by atoms with van der Waals surface area (Å²) in [6.45, 7) is 2.09. The van der Waals surface area contributed by atoms with Gasteiger partial charge in [0, 0.05) is 17.1 Å². The zero-order valence-corrected chi connectivity index (χ0v) is 10.6. The van der Waals surface area contributed by atoms with E-state index in [2.05, 4.69) is 22.4 Å². The first-order valence-corrected chi connectivity index (χ1v) is 6.21. The van der Waals surface area contributed by atoms with Gasteiger partial charge in [-0.1, -0.05) is 12.1 Å². The van der Waals surface area contributed by atoms with Gasteiger partial charge < -0.3 is 10.4 Å². The molecule has 0 saturated heterocycles. The molecule has 19 heavy (non-hydrogen) atoms. The Labute approximate surface area is 111 Å². The van der Waals surface area contributed by atoms with Gasteiger partial charge in [-0.05, 0) is 42.8 Å². The highest BCUT2D eigenvalue weighted by atomic mass is 16.3. The van der Waals surface area contributed by atoms with Crippen molar-refractivity contribution in [3.8, 4) is 5.75 Å². The minimum Gasteiger partial charge on any atom is -0.508 e. The first-order chi connectivity index (χ1) is 9.22. The van der Waals surface area contributed by atoms with E-state index >= 15 is 0 Å². The number of phenols is 1. The maximum atomic E-state index is 9.29. The van der Waals surface area contributed by atoms with Crippen LogP contribution in [0.2, 0.25) is 0 Å². The van der Waals surface area contributed by atoms with Gasteiger partial charge in [0.05, 0.1) is 11.7 Å². The van der Waals surface area contributed by atoms with Crippen LogP contribution >= 0.6 is 0 Å². The number of fused-ring (bicyclic) bond motifs is 1. The molecule has 0 fully saturated rings. The number of aromatic nitrogens is 2. The standard InChI is InChI=1S/C15H15N3O/c1-10(11-3-6-14(19)7-4-11)17-13-5-2-12-9-16-18-15(12)8-13/h2-10,17,19H,1H3,(H,16,18). The third-order valence-corrected chi connectivity index (χ3v) is 3.22. The lowest BCUT2D eigenvalue weighted by molar-refractivity contribution is 0.475. The number of nitrogens with one attached hydrogen (secondary N) is 2. The number of H-pyrrole nitrogens is 1. The van der Waals surface area contributed by atoms with E-state index in [1.165, 1.54) is 0 Å². The van der Waals surface area contributed by atoms with Gasteiger partial charge in [-0.15, -0.1) is 0 Å². The van der Waals surface area contributed by atoms with Gasteiger partial charge in [0.2, 0.25) is 0 Å². The summed E-state index contributed by atoms with van der Waals surface area (Å²) in [5, 5.41) is 20.8. The highest BCUT2D eigenvalue weighted by Crippen LogP contribution is 2.23. The molecule has 1 unspecified atom stereocenters. The van der Waals surface area contributed by atoms with Crippen molar-refractivity contribution in [3.63, 3.8) is 0 Å². The summed E-state index contributed by atoms with van der Waals surface area (Å²) in [4.78, 5) is 0. The molecule has 3 aromatic rings. The van der Waals surface area contributed by atoms with Gasteiger partial charge in [-0.2, -0.15) is 5.10 Å². The summed E-state index contributed by atoms with van der Waals surface area (Å²) in [6.07, 6.45) is 1.81. The lowest BCUT2D eigenvalue weighted by Crippen LogP contribution is -2.06. The second-order valence-electron chi connectivity index (χ2n) is 4.63. The van der Waals surface area contributed by atoms with Crippen molar-refractivity contribution in [1.29, 1.82) is 0 Å². The van der Waals surface area contributed by atoms with Crippen LogP contribution in [0, 0.1) is 0 Å². The van der Waals surface area contributed by atoms with E-state index in [0.29, 0.717) is 0 Å². The molecule has 96 valence electrons. The number of rotatable bonds is 3. The fourth-order valence-corrected chi connectivity index (χ4v) is 2.12. The molecular formula is C15H15N3O. The molecule has 4 heteroatoms. The van der Waals surface area contributed by atoms with Gasteiger partial charge in [0.15, 0.2) is 0 Å². The molecule has 0 amide bonds. The monoisotopic (exact) mass is 253 g/mol. The molecule has 0 saturated carbocycles. The molecule has 1 aromatic heterocycles. The predicted molar refractivity (Wildman–Crippen MR) is 76.2 cm³/mol.